The number of nitrogens with one attached hydrogen (secondary N) is 1. The van der Waals surface area contributed by atoms with Gasteiger partial charge in [0.25, 0.3) is 0 Å². The Kier molecular flexibility index (Phi) is 2.94. The molecule has 88 valence electrons. The number of benzene rings is 2. The maximum atomic E-state index is 4.50. The molecule has 2 aromatic carbocycles. The molecule has 18 heavy (non-hydrogen) atoms. The zero-order valence-corrected chi connectivity index (χ0v) is 11.1. The van der Waals surface area contributed by atoms with Crippen LogP contribution in [-0.4, -0.2) is 15.2 Å². The fourth-order valence-electron chi connectivity index (χ4n) is 1.71. The number of H-pyrrole nitrogens is 1. The van der Waals surface area contributed by atoms with Gasteiger partial charge in [-0.25, -0.2) is 4.98 Å². The minimum Gasteiger partial charge on any atom is -0.259 e. The molecule has 0 unspecified atom stereocenters. The lowest BCUT2D eigenvalue weighted by atomic mass is 10.2. The van der Waals surface area contributed by atoms with Crippen LogP contribution in [0.15, 0.2) is 59.1 Å². The van der Waals surface area contributed by atoms with Crippen molar-refractivity contribution in [2.24, 2.45) is 0 Å². The summed E-state index contributed by atoms with van der Waals surface area (Å²) in [6.45, 7) is 0. The minimum absolute atomic E-state index is 0.716. The first-order chi connectivity index (χ1) is 8.83. The Labute approximate surface area is 113 Å². The molecule has 1 heterocycles. The second kappa shape index (κ2) is 4.74. The molecule has 0 aliphatic carbocycles. The summed E-state index contributed by atoms with van der Waals surface area (Å²) in [6, 6.07) is 17.9. The van der Waals surface area contributed by atoms with E-state index in [0.29, 0.717) is 5.82 Å². The van der Waals surface area contributed by atoms with Crippen molar-refractivity contribution in [3.8, 4) is 22.8 Å². The van der Waals surface area contributed by atoms with Crippen molar-refractivity contribution in [2.75, 3.05) is 0 Å². The number of hydrogen-bond acceptors (Lipinski definition) is 2. The first-order valence-electron chi connectivity index (χ1n) is 5.57. The third-order valence-corrected chi connectivity index (χ3v) is 3.16. The Bertz CT molecular complexity index is 644. The normalized spacial score (nSPS) is 10.5. The van der Waals surface area contributed by atoms with Gasteiger partial charge in [0.15, 0.2) is 11.6 Å². The molecule has 1 aromatic heterocycles. The lowest BCUT2D eigenvalue weighted by Crippen LogP contribution is -1.80. The molecule has 1 N–H and O–H groups in total. The lowest BCUT2D eigenvalue weighted by Gasteiger charge is -1.95. The largest absolute Gasteiger partial charge is 0.259 e. The van der Waals surface area contributed by atoms with Crippen molar-refractivity contribution in [2.45, 2.75) is 0 Å². The smallest absolute Gasteiger partial charge is 0.181 e. The molecular weight excluding hydrogens is 290 g/mol. The van der Waals surface area contributed by atoms with Gasteiger partial charge in [0, 0.05) is 15.6 Å². The molecule has 4 heteroatoms. The summed E-state index contributed by atoms with van der Waals surface area (Å²) in [5, 5.41) is 7.20. The summed E-state index contributed by atoms with van der Waals surface area (Å²) < 4.78 is 1.05. The zero-order chi connectivity index (χ0) is 12.4. The predicted octanol–water partition coefficient (Wildman–Crippen LogP) is 3.90. The van der Waals surface area contributed by atoms with E-state index in [1.165, 1.54) is 0 Å². The van der Waals surface area contributed by atoms with Crippen LogP contribution >= 0.6 is 15.9 Å². The van der Waals surface area contributed by atoms with Crippen LogP contribution in [0.4, 0.5) is 0 Å². The predicted molar refractivity (Wildman–Crippen MR) is 75.0 cm³/mol. The highest BCUT2D eigenvalue weighted by Crippen LogP contribution is 2.21. The number of rotatable bonds is 2. The van der Waals surface area contributed by atoms with Crippen molar-refractivity contribution in [3.63, 3.8) is 0 Å². The molecule has 0 saturated carbocycles. The van der Waals surface area contributed by atoms with E-state index < -0.39 is 0 Å². The molecule has 0 aliphatic rings. The fourth-order valence-corrected chi connectivity index (χ4v) is 1.98. The van der Waals surface area contributed by atoms with Crippen LogP contribution < -0.4 is 0 Å². The average molecular weight is 300 g/mol. The van der Waals surface area contributed by atoms with Gasteiger partial charge in [-0.15, -0.1) is 0 Å². The van der Waals surface area contributed by atoms with E-state index in [0.717, 1.165) is 21.4 Å². The van der Waals surface area contributed by atoms with E-state index in [4.69, 9.17) is 0 Å². The van der Waals surface area contributed by atoms with Gasteiger partial charge >= 0.3 is 0 Å². The van der Waals surface area contributed by atoms with E-state index in [-0.39, 0.29) is 0 Å². The number of aromatic nitrogens is 3. The van der Waals surface area contributed by atoms with Crippen molar-refractivity contribution >= 4 is 15.9 Å². The Morgan fingerprint density at radius 3 is 2.28 bits per heavy atom. The number of nitrogens with zero attached hydrogens (tertiary/aromatic N) is 2. The van der Waals surface area contributed by atoms with E-state index in [2.05, 4.69) is 31.1 Å². The number of aromatic amines is 1. The summed E-state index contributed by atoms with van der Waals surface area (Å²) in [5.74, 6) is 1.50. The van der Waals surface area contributed by atoms with Gasteiger partial charge in [-0.05, 0) is 12.1 Å². The maximum Gasteiger partial charge on any atom is 0.181 e. The Balaban J connectivity index is 1.97. The third kappa shape index (κ3) is 2.19. The molecule has 0 saturated heterocycles. The first-order valence-corrected chi connectivity index (χ1v) is 6.36. The fraction of sp³-hybridized carbons (Fsp3) is 0. The highest BCUT2D eigenvalue weighted by Gasteiger charge is 2.06. The summed E-state index contributed by atoms with van der Waals surface area (Å²) in [6.07, 6.45) is 0. The molecule has 3 aromatic rings. The van der Waals surface area contributed by atoms with Gasteiger partial charge in [0.05, 0.1) is 0 Å². The van der Waals surface area contributed by atoms with E-state index in [1.807, 2.05) is 54.6 Å². The van der Waals surface area contributed by atoms with Crippen molar-refractivity contribution in [3.05, 3.63) is 59.1 Å². The number of hydrogen-bond donors (Lipinski definition) is 1. The third-order valence-electron chi connectivity index (χ3n) is 2.64. The van der Waals surface area contributed by atoms with Crippen LogP contribution in [0.25, 0.3) is 22.8 Å². The molecular formula is C14H10BrN3. The monoisotopic (exact) mass is 299 g/mol. The van der Waals surface area contributed by atoms with Crippen LogP contribution in [0.2, 0.25) is 0 Å². The Morgan fingerprint density at radius 1 is 0.833 bits per heavy atom. The zero-order valence-electron chi connectivity index (χ0n) is 9.47. The van der Waals surface area contributed by atoms with Gasteiger partial charge in [0.2, 0.25) is 0 Å². The lowest BCUT2D eigenvalue weighted by molar-refractivity contribution is 1.10. The molecule has 0 amide bonds. The van der Waals surface area contributed by atoms with Crippen molar-refractivity contribution in [1.29, 1.82) is 0 Å². The van der Waals surface area contributed by atoms with Crippen molar-refractivity contribution < 1.29 is 0 Å². The van der Waals surface area contributed by atoms with Crippen LogP contribution in [0.3, 0.4) is 0 Å². The second-order valence-corrected chi connectivity index (χ2v) is 4.80. The van der Waals surface area contributed by atoms with Gasteiger partial charge in [-0.2, -0.15) is 5.10 Å². The molecule has 0 spiro atoms. The van der Waals surface area contributed by atoms with Crippen molar-refractivity contribution in [1.82, 2.24) is 15.2 Å². The highest BCUT2D eigenvalue weighted by atomic mass is 79.9. The molecule has 0 fully saturated rings. The quantitative estimate of drug-likeness (QED) is 0.780. The van der Waals surface area contributed by atoms with Crippen LogP contribution in [0.1, 0.15) is 0 Å². The number of halogens is 1. The SMILES string of the molecule is Brc1ccc(-c2nc(-c3ccccc3)n[nH]2)cc1. The second-order valence-electron chi connectivity index (χ2n) is 3.88. The summed E-state index contributed by atoms with van der Waals surface area (Å²) in [4.78, 5) is 4.50. The summed E-state index contributed by atoms with van der Waals surface area (Å²) in [7, 11) is 0. The molecule has 0 bridgehead atoms. The molecule has 3 rings (SSSR count). The van der Waals surface area contributed by atoms with Crippen LogP contribution in [0.5, 0.6) is 0 Å². The molecule has 0 atom stereocenters. The minimum atomic E-state index is 0.716. The van der Waals surface area contributed by atoms with E-state index >= 15 is 0 Å². The molecule has 3 nitrogen and oxygen atoms in total. The molecule has 0 aliphatic heterocycles. The first kappa shape index (κ1) is 11.2. The maximum absolute atomic E-state index is 4.50. The summed E-state index contributed by atoms with van der Waals surface area (Å²) in [5.41, 5.74) is 2.03. The van der Waals surface area contributed by atoms with Crippen LogP contribution in [0, 0.1) is 0 Å². The van der Waals surface area contributed by atoms with Gasteiger partial charge < -0.3 is 0 Å². The van der Waals surface area contributed by atoms with Crippen LogP contribution in [-0.2, 0) is 0 Å². The Hall–Kier alpha value is -1.94. The van der Waals surface area contributed by atoms with Gasteiger partial charge in [0.1, 0.15) is 0 Å². The van der Waals surface area contributed by atoms with Gasteiger partial charge in [-0.1, -0.05) is 58.4 Å². The highest BCUT2D eigenvalue weighted by molar-refractivity contribution is 9.10. The standard InChI is InChI=1S/C14H10BrN3/c15-12-8-6-11(7-9-12)14-16-13(17-18-14)10-4-2-1-3-5-10/h1-9H,(H,16,17,18). The topological polar surface area (TPSA) is 41.6 Å². The Morgan fingerprint density at radius 2 is 1.56 bits per heavy atom. The average Bonchev–Trinajstić information content (AvgIpc) is 2.90. The summed E-state index contributed by atoms with van der Waals surface area (Å²) >= 11 is 3.41. The van der Waals surface area contributed by atoms with E-state index in [1.54, 1.807) is 0 Å². The molecule has 0 radical (unpaired) electrons. The van der Waals surface area contributed by atoms with E-state index in [9.17, 15) is 0 Å². The van der Waals surface area contributed by atoms with Gasteiger partial charge in [-0.3, -0.25) is 5.10 Å².